The van der Waals surface area contributed by atoms with E-state index < -0.39 is 16.2 Å². The van der Waals surface area contributed by atoms with Crippen LogP contribution in [0.25, 0.3) is 10.9 Å². The van der Waals surface area contributed by atoms with E-state index >= 15 is 0 Å². The molecule has 0 unspecified atom stereocenters. The van der Waals surface area contributed by atoms with Crippen molar-refractivity contribution in [3.8, 4) is 5.75 Å². The molecule has 0 aliphatic rings. The lowest BCUT2D eigenvalue weighted by Crippen LogP contribution is -2.19. The molecule has 3 aromatic carbocycles. The second-order valence-electron chi connectivity index (χ2n) is 8.14. The molecule has 0 fully saturated rings. The van der Waals surface area contributed by atoms with Gasteiger partial charge in [0.15, 0.2) is 0 Å². The molecule has 0 aliphatic heterocycles. The second kappa shape index (κ2) is 10.8. The van der Waals surface area contributed by atoms with Gasteiger partial charge in [0.1, 0.15) is 12.4 Å². The first-order chi connectivity index (χ1) is 16.4. The molecule has 4 aromatic rings. The van der Waals surface area contributed by atoms with Crippen LogP contribution in [0.5, 0.6) is 5.75 Å². The summed E-state index contributed by atoms with van der Waals surface area (Å²) in [5.41, 5.74) is 3.73. The number of ether oxygens (including phenoxy) is 1. The molecule has 0 saturated carbocycles. The topological polar surface area (TPSA) is 85.7 Å². The third-order valence-corrected chi connectivity index (χ3v) is 6.81. The molecule has 0 radical (unpaired) electrons. The number of aromatic nitrogens is 1. The summed E-state index contributed by atoms with van der Waals surface area (Å²) in [6.07, 6.45) is 1.59. The van der Waals surface area contributed by atoms with E-state index in [1.54, 1.807) is 18.3 Å². The quantitative estimate of drug-likeness (QED) is 0.330. The zero-order valence-corrected chi connectivity index (χ0v) is 19.7. The largest absolute Gasteiger partial charge is 0.488 e. The zero-order valence-electron chi connectivity index (χ0n) is 18.9. The minimum atomic E-state index is -3.92. The van der Waals surface area contributed by atoms with Crippen LogP contribution >= 0.6 is 0 Å². The predicted octanol–water partition coefficient (Wildman–Crippen LogP) is 4.82. The molecule has 0 bridgehead atoms. The molecule has 1 atom stereocenters. The van der Waals surface area contributed by atoms with Gasteiger partial charge in [0.25, 0.3) is 10.1 Å². The highest BCUT2D eigenvalue weighted by Crippen LogP contribution is 2.31. The maximum Gasteiger partial charge on any atom is 0.297 e. The van der Waals surface area contributed by atoms with Crippen LogP contribution in [-0.2, 0) is 27.3 Å². The van der Waals surface area contributed by atoms with Crippen LogP contribution in [-0.4, -0.2) is 31.2 Å². The number of aliphatic hydroxyl groups is 1. The number of rotatable bonds is 10. The first-order valence-corrected chi connectivity index (χ1v) is 12.5. The van der Waals surface area contributed by atoms with Crippen LogP contribution < -0.4 is 4.74 Å². The number of aryl methyl sites for hydroxylation is 2. The maximum atomic E-state index is 12.4. The third kappa shape index (κ3) is 5.99. The minimum absolute atomic E-state index is 0.0731. The Morgan fingerprint density at radius 2 is 1.71 bits per heavy atom. The van der Waals surface area contributed by atoms with Crippen LogP contribution in [0, 0.1) is 6.92 Å². The molecule has 1 aromatic heterocycles. The zero-order chi connectivity index (χ0) is 24.0. The van der Waals surface area contributed by atoms with Gasteiger partial charge in [-0.1, -0.05) is 54.1 Å². The Hall–Kier alpha value is -3.26. The van der Waals surface area contributed by atoms with Gasteiger partial charge in [0.05, 0.1) is 23.1 Å². The van der Waals surface area contributed by atoms with Gasteiger partial charge < -0.3 is 9.84 Å². The molecule has 4 rings (SSSR count). The van der Waals surface area contributed by atoms with Crippen LogP contribution in [0.1, 0.15) is 23.1 Å². The summed E-state index contributed by atoms with van der Waals surface area (Å²) in [5.74, 6) is 0.717. The van der Waals surface area contributed by atoms with E-state index in [4.69, 9.17) is 8.92 Å². The summed E-state index contributed by atoms with van der Waals surface area (Å²) in [6.45, 7) is 1.97. The van der Waals surface area contributed by atoms with Crippen molar-refractivity contribution in [2.45, 2.75) is 37.4 Å². The lowest BCUT2D eigenvalue weighted by molar-refractivity contribution is 0.103. The fourth-order valence-corrected chi connectivity index (χ4v) is 4.56. The molecular weight excluding hydrogens is 450 g/mol. The first-order valence-electron chi connectivity index (χ1n) is 11.1. The number of hydrogen-bond acceptors (Lipinski definition) is 6. The van der Waals surface area contributed by atoms with Gasteiger partial charge in [-0.3, -0.25) is 9.17 Å². The van der Waals surface area contributed by atoms with Crippen LogP contribution in [0.3, 0.4) is 0 Å². The number of hydrogen-bond donors (Lipinski definition) is 1. The van der Waals surface area contributed by atoms with E-state index in [1.165, 1.54) is 12.1 Å². The molecule has 176 valence electrons. The monoisotopic (exact) mass is 477 g/mol. The average molecular weight is 478 g/mol. The van der Waals surface area contributed by atoms with Crippen LogP contribution in [0.15, 0.2) is 90.0 Å². The Labute approximate surface area is 199 Å². The van der Waals surface area contributed by atoms with Crippen LogP contribution in [0.2, 0.25) is 0 Å². The first kappa shape index (κ1) is 23.9. The Balaban J connectivity index is 1.43. The van der Waals surface area contributed by atoms with Crippen molar-refractivity contribution in [1.82, 2.24) is 4.98 Å². The maximum absolute atomic E-state index is 12.4. The molecule has 6 nitrogen and oxygen atoms in total. The number of aliphatic hydroxyl groups excluding tert-OH is 1. The summed E-state index contributed by atoms with van der Waals surface area (Å²) < 4.78 is 36.1. The lowest BCUT2D eigenvalue weighted by Gasteiger charge is -2.16. The fraction of sp³-hybridized carbons (Fsp3) is 0.222. The minimum Gasteiger partial charge on any atom is -0.488 e. The van der Waals surface area contributed by atoms with Gasteiger partial charge in [-0.2, -0.15) is 8.42 Å². The molecule has 1 N–H and O–H groups in total. The van der Waals surface area contributed by atoms with Gasteiger partial charge in [0, 0.05) is 11.6 Å². The van der Waals surface area contributed by atoms with Crippen molar-refractivity contribution in [2.75, 3.05) is 6.61 Å². The highest BCUT2D eigenvalue weighted by atomic mass is 32.2. The van der Waals surface area contributed by atoms with Gasteiger partial charge in [-0.15, -0.1) is 0 Å². The molecule has 34 heavy (non-hydrogen) atoms. The number of fused-ring (bicyclic) bond motifs is 1. The molecule has 7 heteroatoms. The molecule has 1 heterocycles. The number of benzene rings is 3. The van der Waals surface area contributed by atoms with Crippen molar-refractivity contribution in [3.05, 3.63) is 102 Å². The highest BCUT2D eigenvalue weighted by Gasteiger charge is 2.18. The second-order valence-corrected chi connectivity index (χ2v) is 9.76. The summed E-state index contributed by atoms with van der Waals surface area (Å²) in [7, 11) is -3.92. The Morgan fingerprint density at radius 1 is 0.941 bits per heavy atom. The van der Waals surface area contributed by atoms with E-state index in [0.29, 0.717) is 19.4 Å². The number of nitrogens with zero attached hydrogens (tertiary/aromatic N) is 1. The van der Waals surface area contributed by atoms with Gasteiger partial charge in [-0.05, 0) is 61.2 Å². The average Bonchev–Trinajstić information content (AvgIpc) is 2.86. The standard InChI is InChI=1S/C27H27NO5S/c1-20-9-14-24(15-10-20)34(30,31)33-19-23(29)13-11-22-12-16-26-25(8-5-17-28-26)27(22)32-18-21-6-3-2-4-7-21/h2-10,12,14-17,23,29H,11,13,18-19H2,1H3/t23-/m1/s1. The normalized spacial score (nSPS) is 12.5. The van der Waals surface area contributed by atoms with Gasteiger partial charge in [0.2, 0.25) is 0 Å². The summed E-state index contributed by atoms with van der Waals surface area (Å²) in [5, 5.41) is 11.3. The van der Waals surface area contributed by atoms with E-state index in [9.17, 15) is 13.5 Å². The van der Waals surface area contributed by atoms with Gasteiger partial charge >= 0.3 is 0 Å². The van der Waals surface area contributed by atoms with E-state index in [2.05, 4.69) is 4.98 Å². The molecule has 0 amide bonds. The van der Waals surface area contributed by atoms with E-state index in [1.807, 2.05) is 61.5 Å². The Morgan fingerprint density at radius 3 is 2.47 bits per heavy atom. The highest BCUT2D eigenvalue weighted by molar-refractivity contribution is 7.86. The van der Waals surface area contributed by atoms with Crippen molar-refractivity contribution < 1.29 is 22.4 Å². The molecule has 0 aliphatic carbocycles. The Bertz CT molecular complexity index is 1340. The number of pyridine rings is 1. The lowest BCUT2D eigenvalue weighted by atomic mass is 10.0. The van der Waals surface area contributed by atoms with Crippen molar-refractivity contribution >= 4 is 21.0 Å². The summed E-state index contributed by atoms with van der Waals surface area (Å²) >= 11 is 0. The smallest absolute Gasteiger partial charge is 0.297 e. The molecular formula is C27H27NO5S. The third-order valence-electron chi connectivity index (χ3n) is 5.52. The fourth-order valence-electron chi connectivity index (χ4n) is 3.61. The summed E-state index contributed by atoms with van der Waals surface area (Å²) in [4.78, 5) is 4.48. The van der Waals surface area contributed by atoms with Crippen molar-refractivity contribution in [2.24, 2.45) is 0 Å². The molecule has 0 spiro atoms. The molecule has 0 saturated heterocycles. The SMILES string of the molecule is Cc1ccc(S(=O)(=O)OC[C@H](O)CCc2ccc3ncccc3c2OCc2ccccc2)cc1. The predicted molar refractivity (Wildman–Crippen MR) is 131 cm³/mol. The Kier molecular flexibility index (Phi) is 7.57. The van der Waals surface area contributed by atoms with Crippen molar-refractivity contribution in [1.29, 1.82) is 0 Å². The van der Waals surface area contributed by atoms with Gasteiger partial charge in [-0.25, -0.2) is 0 Å². The summed E-state index contributed by atoms with van der Waals surface area (Å²) in [6, 6.07) is 24.0. The van der Waals surface area contributed by atoms with Crippen LogP contribution in [0.4, 0.5) is 0 Å². The van der Waals surface area contributed by atoms with E-state index in [0.717, 1.165) is 33.3 Å². The van der Waals surface area contributed by atoms with Crippen molar-refractivity contribution in [3.63, 3.8) is 0 Å². The van der Waals surface area contributed by atoms with E-state index in [-0.39, 0.29) is 11.5 Å².